The van der Waals surface area contributed by atoms with Crippen LogP contribution < -0.4 is 20.5 Å². The third-order valence-corrected chi connectivity index (χ3v) is 4.60. The monoisotopic (exact) mass is 375 g/mol. The third-order valence-electron chi connectivity index (χ3n) is 4.60. The van der Waals surface area contributed by atoms with Crippen LogP contribution in [0, 0.1) is 0 Å². The predicted molar refractivity (Wildman–Crippen MR) is 111 cm³/mol. The predicted octanol–water partition coefficient (Wildman–Crippen LogP) is 4.21. The van der Waals surface area contributed by atoms with Crippen LogP contribution >= 0.6 is 0 Å². The number of fused-ring (bicyclic) bond motifs is 1. The summed E-state index contributed by atoms with van der Waals surface area (Å²) in [6.07, 6.45) is 0.645. The number of hydrogen-bond donors (Lipinski definition) is 3. The number of para-hydroxylation sites is 1. The Morgan fingerprint density at radius 1 is 0.857 bits per heavy atom. The number of aromatic nitrogens is 2. The van der Waals surface area contributed by atoms with Crippen LogP contribution in [-0.4, -0.2) is 24.2 Å². The van der Waals surface area contributed by atoms with Crippen LogP contribution in [0.25, 0.3) is 11.0 Å². The lowest BCUT2D eigenvalue weighted by atomic mass is 10.0. The first kappa shape index (κ1) is 17.7. The molecule has 0 saturated heterocycles. The summed E-state index contributed by atoms with van der Waals surface area (Å²) in [7, 11) is 3.27. The Labute approximate surface area is 162 Å². The molecular formula is C22H21N3O3. The molecule has 142 valence electrons. The molecule has 0 fully saturated rings. The van der Waals surface area contributed by atoms with E-state index in [4.69, 9.17) is 9.47 Å². The Morgan fingerprint density at radius 2 is 1.50 bits per heavy atom. The molecule has 0 aliphatic heterocycles. The molecule has 4 aromatic rings. The van der Waals surface area contributed by atoms with Crippen LogP contribution in [0.15, 0.2) is 65.5 Å². The smallest absolute Gasteiger partial charge is 0.323 e. The maximum atomic E-state index is 11.7. The summed E-state index contributed by atoms with van der Waals surface area (Å²) in [6.45, 7) is 0. The van der Waals surface area contributed by atoms with E-state index in [0.29, 0.717) is 6.42 Å². The quantitative estimate of drug-likeness (QED) is 0.472. The van der Waals surface area contributed by atoms with Crippen molar-refractivity contribution < 1.29 is 9.47 Å². The highest BCUT2D eigenvalue weighted by Crippen LogP contribution is 2.30. The van der Waals surface area contributed by atoms with Gasteiger partial charge in [-0.2, -0.15) is 0 Å². The summed E-state index contributed by atoms with van der Waals surface area (Å²) in [6, 6.07) is 19.7. The zero-order valence-corrected chi connectivity index (χ0v) is 15.7. The topological polar surface area (TPSA) is 79.1 Å². The summed E-state index contributed by atoms with van der Waals surface area (Å²) in [5.74, 6) is 1.48. The molecule has 3 N–H and O–H groups in total. The zero-order chi connectivity index (χ0) is 19.5. The van der Waals surface area contributed by atoms with Gasteiger partial charge >= 0.3 is 5.69 Å². The van der Waals surface area contributed by atoms with Crippen molar-refractivity contribution in [2.24, 2.45) is 0 Å². The number of aromatic amines is 2. The summed E-state index contributed by atoms with van der Waals surface area (Å²) < 4.78 is 10.8. The normalized spacial score (nSPS) is 10.8. The molecule has 0 bridgehead atoms. The minimum atomic E-state index is -0.221. The van der Waals surface area contributed by atoms with E-state index >= 15 is 0 Å². The number of ether oxygens (including phenoxy) is 2. The highest BCUT2D eigenvalue weighted by molar-refractivity contribution is 5.82. The van der Waals surface area contributed by atoms with Crippen molar-refractivity contribution in [3.8, 4) is 11.5 Å². The lowest BCUT2D eigenvalue weighted by molar-refractivity contribution is 0.393. The van der Waals surface area contributed by atoms with Crippen molar-refractivity contribution in [3.63, 3.8) is 0 Å². The molecule has 28 heavy (non-hydrogen) atoms. The summed E-state index contributed by atoms with van der Waals surface area (Å²) in [5.41, 5.74) is 5.30. The van der Waals surface area contributed by atoms with E-state index in [0.717, 1.165) is 45.0 Å². The van der Waals surface area contributed by atoms with Crippen LogP contribution in [0.4, 0.5) is 11.4 Å². The minimum absolute atomic E-state index is 0.221. The average molecular weight is 375 g/mol. The van der Waals surface area contributed by atoms with Gasteiger partial charge < -0.3 is 24.8 Å². The first-order valence-corrected chi connectivity index (χ1v) is 8.93. The van der Waals surface area contributed by atoms with Crippen molar-refractivity contribution in [1.29, 1.82) is 0 Å². The Balaban J connectivity index is 1.78. The van der Waals surface area contributed by atoms with Gasteiger partial charge in [0.25, 0.3) is 0 Å². The second-order valence-electron chi connectivity index (χ2n) is 6.52. The van der Waals surface area contributed by atoms with E-state index in [-0.39, 0.29) is 5.69 Å². The van der Waals surface area contributed by atoms with Crippen molar-refractivity contribution in [1.82, 2.24) is 9.97 Å². The maximum Gasteiger partial charge on any atom is 0.323 e. The van der Waals surface area contributed by atoms with Crippen molar-refractivity contribution in [2.75, 3.05) is 19.5 Å². The SMILES string of the molecule is COc1cc(Cc2cc3[nH]c(=O)[nH]c3cc2Nc2ccccc2)cc(OC)c1. The van der Waals surface area contributed by atoms with Gasteiger partial charge in [0.15, 0.2) is 0 Å². The van der Waals surface area contributed by atoms with Crippen LogP contribution in [-0.2, 0) is 6.42 Å². The van der Waals surface area contributed by atoms with Gasteiger partial charge in [-0.15, -0.1) is 0 Å². The van der Waals surface area contributed by atoms with Gasteiger partial charge in [-0.1, -0.05) is 18.2 Å². The largest absolute Gasteiger partial charge is 0.497 e. The van der Waals surface area contributed by atoms with Crippen molar-refractivity contribution in [3.05, 3.63) is 82.3 Å². The number of nitrogens with one attached hydrogen (secondary N) is 3. The van der Waals surface area contributed by atoms with Gasteiger partial charge in [-0.3, -0.25) is 0 Å². The van der Waals surface area contributed by atoms with Gasteiger partial charge in [-0.05, 0) is 53.9 Å². The fourth-order valence-corrected chi connectivity index (χ4v) is 3.26. The minimum Gasteiger partial charge on any atom is -0.497 e. The number of rotatable bonds is 6. The Kier molecular flexibility index (Phi) is 4.76. The molecule has 0 atom stereocenters. The van der Waals surface area contributed by atoms with Crippen LogP contribution in [0.2, 0.25) is 0 Å². The van der Waals surface area contributed by atoms with E-state index in [2.05, 4.69) is 15.3 Å². The molecular weight excluding hydrogens is 354 g/mol. The molecule has 0 aliphatic rings. The van der Waals surface area contributed by atoms with Gasteiger partial charge in [0, 0.05) is 17.4 Å². The van der Waals surface area contributed by atoms with Gasteiger partial charge in [0.2, 0.25) is 0 Å². The van der Waals surface area contributed by atoms with E-state index in [1.165, 1.54) is 0 Å². The van der Waals surface area contributed by atoms with E-state index in [1.54, 1.807) is 14.2 Å². The van der Waals surface area contributed by atoms with E-state index in [1.807, 2.05) is 60.7 Å². The lowest BCUT2D eigenvalue weighted by Crippen LogP contribution is -1.99. The fraction of sp³-hybridized carbons (Fsp3) is 0.136. The molecule has 0 amide bonds. The molecule has 0 saturated carbocycles. The number of methoxy groups -OCH3 is 2. The molecule has 3 aromatic carbocycles. The van der Waals surface area contributed by atoms with Crippen LogP contribution in [0.5, 0.6) is 11.5 Å². The van der Waals surface area contributed by atoms with Crippen molar-refractivity contribution >= 4 is 22.4 Å². The fourth-order valence-electron chi connectivity index (χ4n) is 3.26. The zero-order valence-electron chi connectivity index (χ0n) is 15.7. The Bertz CT molecular complexity index is 1140. The molecule has 0 unspecified atom stereocenters. The average Bonchev–Trinajstić information content (AvgIpc) is 3.07. The molecule has 0 aliphatic carbocycles. The summed E-state index contributed by atoms with van der Waals surface area (Å²) in [5, 5.41) is 3.45. The molecule has 4 rings (SSSR count). The first-order valence-electron chi connectivity index (χ1n) is 8.93. The van der Waals surface area contributed by atoms with Crippen LogP contribution in [0.1, 0.15) is 11.1 Å². The summed E-state index contributed by atoms with van der Waals surface area (Å²) in [4.78, 5) is 17.4. The molecule has 0 spiro atoms. The summed E-state index contributed by atoms with van der Waals surface area (Å²) >= 11 is 0. The third kappa shape index (κ3) is 3.71. The number of benzene rings is 3. The molecule has 0 radical (unpaired) electrons. The maximum absolute atomic E-state index is 11.7. The number of anilines is 2. The standard InChI is InChI=1S/C22H21N3O3/c1-27-17-9-14(10-18(12-17)28-2)8-15-11-20-21(25-22(26)24-20)13-19(15)23-16-6-4-3-5-7-16/h3-7,9-13,23H,8H2,1-2H3,(H2,24,25,26). The van der Waals surface area contributed by atoms with Crippen LogP contribution in [0.3, 0.4) is 0 Å². The molecule has 6 heteroatoms. The van der Waals surface area contributed by atoms with E-state index in [9.17, 15) is 4.79 Å². The lowest BCUT2D eigenvalue weighted by Gasteiger charge is -2.14. The second-order valence-corrected chi connectivity index (χ2v) is 6.52. The molecule has 1 aromatic heterocycles. The van der Waals surface area contributed by atoms with Gasteiger partial charge in [-0.25, -0.2) is 4.79 Å². The molecule has 6 nitrogen and oxygen atoms in total. The second kappa shape index (κ2) is 7.52. The van der Waals surface area contributed by atoms with Gasteiger partial charge in [0.05, 0.1) is 25.3 Å². The highest BCUT2D eigenvalue weighted by Gasteiger charge is 2.11. The number of H-pyrrole nitrogens is 2. The Hall–Kier alpha value is -3.67. The highest BCUT2D eigenvalue weighted by atomic mass is 16.5. The number of hydrogen-bond acceptors (Lipinski definition) is 4. The number of imidazole rings is 1. The van der Waals surface area contributed by atoms with Gasteiger partial charge in [0.1, 0.15) is 11.5 Å². The van der Waals surface area contributed by atoms with E-state index < -0.39 is 0 Å². The first-order chi connectivity index (χ1) is 13.6. The molecule has 1 heterocycles. The Morgan fingerprint density at radius 3 is 2.14 bits per heavy atom. The van der Waals surface area contributed by atoms with Crippen molar-refractivity contribution in [2.45, 2.75) is 6.42 Å².